The zero-order valence-electron chi connectivity index (χ0n) is 28.3. The molecule has 0 radical (unpaired) electrons. The van der Waals surface area contributed by atoms with Crippen molar-refractivity contribution in [3.63, 3.8) is 0 Å². The summed E-state index contributed by atoms with van der Waals surface area (Å²) in [4.78, 5) is 26.1. The van der Waals surface area contributed by atoms with Gasteiger partial charge in [0, 0.05) is 17.0 Å². The average molecular weight is 682 g/mol. The van der Waals surface area contributed by atoms with Gasteiger partial charge in [-0.2, -0.15) is 0 Å². The number of ketones is 2. The minimum absolute atomic E-state index is 0.0155. The molecule has 8 nitrogen and oxygen atoms in total. The molecule has 3 aromatic carbocycles. The van der Waals surface area contributed by atoms with E-state index in [4.69, 9.17) is 15.2 Å². The Morgan fingerprint density at radius 3 is 2.60 bits per heavy atom. The lowest BCUT2D eigenvalue weighted by atomic mass is 9.47. The predicted octanol–water partition coefficient (Wildman–Crippen LogP) is 6.24. The molecule has 0 aliphatic heterocycles. The second kappa shape index (κ2) is 12.9. The second-order valence-corrected chi connectivity index (χ2v) is 15.1. The molecule has 0 bridgehead atoms. The van der Waals surface area contributed by atoms with Crippen LogP contribution in [0.1, 0.15) is 63.4 Å². The number of aliphatic hydroxyl groups is 3. The summed E-state index contributed by atoms with van der Waals surface area (Å²) < 4.78 is 28.9. The van der Waals surface area contributed by atoms with E-state index in [0.29, 0.717) is 29.7 Å². The van der Waals surface area contributed by atoms with Gasteiger partial charge < -0.3 is 30.5 Å². The number of aliphatic hydroxyl groups excluding tert-OH is 3. The number of nitrogens with two attached hydrogens (primary N) is 1. The number of ether oxygens (including phenoxy) is 2. The van der Waals surface area contributed by atoms with Gasteiger partial charge >= 0.3 is 0 Å². The van der Waals surface area contributed by atoms with Crippen LogP contribution in [0.2, 0.25) is 0 Å². The smallest absolute Gasteiger partial charge is 0.190 e. The second-order valence-electron chi connectivity index (χ2n) is 15.1. The Kier molecular flexibility index (Phi) is 8.83. The molecule has 0 saturated heterocycles. The number of allylic oxidation sites excluding steroid dienone is 4. The molecule has 0 amide bonds. The van der Waals surface area contributed by atoms with E-state index in [1.807, 2.05) is 25.1 Å². The summed E-state index contributed by atoms with van der Waals surface area (Å²) in [5.41, 5.74) is 6.30. The summed E-state index contributed by atoms with van der Waals surface area (Å²) in [7, 11) is 0. The number of carbonyl (C=O) groups excluding carboxylic acids is 2. The summed E-state index contributed by atoms with van der Waals surface area (Å²) in [5.74, 6) is -1.89. The highest BCUT2D eigenvalue weighted by molar-refractivity contribution is 6.01. The molecule has 8 atom stereocenters. The van der Waals surface area contributed by atoms with Crippen molar-refractivity contribution in [2.75, 3.05) is 12.3 Å². The van der Waals surface area contributed by atoms with E-state index in [-0.39, 0.29) is 54.3 Å². The molecule has 0 heterocycles. The van der Waals surface area contributed by atoms with Gasteiger partial charge in [-0.25, -0.2) is 4.39 Å². The SMILES string of the molecule is C[C@]12C[C@H](O)C3[C@@H](CCC4=CC(=O)C=C[C@@]43C)C1C[C@](O[C@H](O)c1c(-c3ccccc3)ccc(OCc3cccc(N)c3)c1F)(C(=O)CO)C2. The Morgan fingerprint density at radius 2 is 1.86 bits per heavy atom. The van der Waals surface area contributed by atoms with Crippen molar-refractivity contribution in [2.45, 2.75) is 70.6 Å². The summed E-state index contributed by atoms with van der Waals surface area (Å²) in [6.45, 7) is 3.31. The highest BCUT2D eigenvalue weighted by Crippen LogP contribution is 2.67. The number of hydrogen-bond donors (Lipinski definition) is 4. The number of Topliss-reactive ketones (excluding diaryl/α,β-unsaturated/α-hetero) is 1. The number of rotatable bonds is 9. The van der Waals surface area contributed by atoms with E-state index >= 15 is 4.39 Å². The molecule has 3 aromatic rings. The molecule has 0 aromatic heterocycles. The van der Waals surface area contributed by atoms with Crippen molar-refractivity contribution in [1.82, 2.24) is 0 Å². The van der Waals surface area contributed by atoms with Gasteiger partial charge in [0.1, 0.15) is 18.8 Å². The number of carbonyl (C=O) groups is 2. The topological polar surface area (TPSA) is 139 Å². The number of anilines is 1. The molecular formula is C41H44FNO7. The largest absolute Gasteiger partial charge is 0.486 e. The van der Waals surface area contributed by atoms with Gasteiger partial charge in [-0.3, -0.25) is 9.59 Å². The van der Waals surface area contributed by atoms with Crippen LogP contribution in [0.4, 0.5) is 10.1 Å². The third-order valence-electron chi connectivity index (χ3n) is 12.1. The molecule has 7 rings (SSSR count). The molecule has 50 heavy (non-hydrogen) atoms. The zero-order valence-corrected chi connectivity index (χ0v) is 28.3. The van der Waals surface area contributed by atoms with Gasteiger partial charge in [-0.1, -0.05) is 74.0 Å². The van der Waals surface area contributed by atoms with Crippen molar-refractivity contribution in [3.05, 3.63) is 107 Å². The Morgan fingerprint density at radius 1 is 1.08 bits per heavy atom. The fourth-order valence-corrected chi connectivity index (χ4v) is 9.86. The van der Waals surface area contributed by atoms with Crippen molar-refractivity contribution < 1.29 is 38.8 Å². The lowest BCUT2D eigenvalue weighted by Crippen LogP contribution is -2.54. The summed E-state index contributed by atoms with van der Waals surface area (Å²) >= 11 is 0. The first-order chi connectivity index (χ1) is 23.9. The molecule has 4 aliphatic carbocycles. The molecule has 262 valence electrons. The molecule has 3 fully saturated rings. The van der Waals surface area contributed by atoms with Crippen LogP contribution >= 0.6 is 0 Å². The number of fused-ring (bicyclic) bond motifs is 5. The van der Waals surface area contributed by atoms with E-state index in [9.17, 15) is 24.9 Å². The molecule has 5 N–H and O–H groups in total. The fourth-order valence-electron chi connectivity index (χ4n) is 9.86. The van der Waals surface area contributed by atoms with Gasteiger partial charge in [0.15, 0.2) is 29.4 Å². The first-order valence-electron chi connectivity index (χ1n) is 17.3. The van der Waals surface area contributed by atoms with Gasteiger partial charge in [-0.15, -0.1) is 0 Å². The monoisotopic (exact) mass is 681 g/mol. The minimum atomic E-state index is -1.90. The van der Waals surface area contributed by atoms with Crippen molar-refractivity contribution in [3.8, 4) is 16.9 Å². The van der Waals surface area contributed by atoms with Gasteiger partial charge in [0.05, 0.1) is 11.7 Å². The average Bonchev–Trinajstić information content (AvgIpc) is 3.40. The van der Waals surface area contributed by atoms with Crippen molar-refractivity contribution in [1.29, 1.82) is 0 Å². The standard InChI is InChI=1S/C41H44FNO7/c1-39-20-32(46)36-30(12-11-26-18-28(45)15-16-40(26,36)2)31(39)19-41(23-39,34(47)21-44)50-38(48)35-29(25-8-4-3-5-9-25)13-14-33(37(35)42)49-22-24-7-6-10-27(43)17-24/h3-10,13-18,30-32,36,38,44,46,48H,11-12,19-23,43H2,1-2H3/t30-,31?,32-,36?,38-,39+,40-,41+/m0/s1. The van der Waals surface area contributed by atoms with E-state index < -0.39 is 47.0 Å². The number of hydrogen-bond acceptors (Lipinski definition) is 8. The molecular weight excluding hydrogens is 637 g/mol. The van der Waals surface area contributed by atoms with Crippen LogP contribution in [-0.2, 0) is 20.9 Å². The van der Waals surface area contributed by atoms with Gasteiger partial charge in [-0.05, 0) is 96.4 Å². The Hall–Kier alpha value is -4.15. The van der Waals surface area contributed by atoms with Crippen LogP contribution in [0.15, 0.2) is 90.5 Å². The molecule has 0 spiro atoms. The van der Waals surface area contributed by atoms with Crippen LogP contribution in [0.25, 0.3) is 11.1 Å². The Balaban J connectivity index is 1.24. The fraction of sp³-hybridized carbons (Fsp3) is 0.415. The van der Waals surface area contributed by atoms with Crippen LogP contribution in [-0.4, -0.2) is 45.2 Å². The molecule has 2 unspecified atom stereocenters. The number of halogens is 1. The first-order valence-corrected chi connectivity index (χ1v) is 17.3. The quantitative estimate of drug-likeness (QED) is 0.154. The van der Waals surface area contributed by atoms with E-state index in [1.54, 1.807) is 60.7 Å². The summed E-state index contributed by atoms with van der Waals surface area (Å²) in [5, 5.41) is 33.9. The van der Waals surface area contributed by atoms with Gasteiger partial charge in [0.25, 0.3) is 0 Å². The van der Waals surface area contributed by atoms with Gasteiger partial charge in [0.2, 0.25) is 0 Å². The van der Waals surface area contributed by atoms with E-state index in [2.05, 4.69) is 6.92 Å². The lowest BCUT2D eigenvalue weighted by Gasteiger charge is -2.57. The van der Waals surface area contributed by atoms with E-state index in [1.165, 1.54) is 6.07 Å². The van der Waals surface area contributed by atoms with Crippen molar-refractivity contribution >= 4 is 17.3 Å². The third-order valence-corrected chi connectivity index (χ3v) is 12.1. The summed E-state index contributed by atoms with van der Waals surface area (Å²) in [6, 6.07) is 19.2. The zero-order chi connectivity index (χ0) is 35.4. The highest BCUT2D eigenvalue weighted by Gasteiger charge is 2.65. The normalized spacial score (nSPS) is 32.0. The molecule has 9 heteroatoms. The third kappa shape index (κ3) is 5.80. The predicted molar refractivity (Wildman–Crippen MR) is 186 cm³/mol. The lowest BCUT2D eigenvalue weighted by molar-refractivity contribution is -0.198. The van der Waals surface area contributed by atoms with Crippen LogP contribution < -0.4 is 10.5 Å². The first kappa shape index (κ1) is 34.3. The summed E-state index contributed by atoms with van der Waals surface area (Å²) in [6.07, 6.45) is 4.69. The number of nitrogen functional groups attached to an aromatic ring is 1. The maximum absolute atomic E-state index is 16.6. The minimum Gasteiger partial charge on any atom is -0.486 e. The van der Waals surface area contributed by atoms with Crippen molar-refractivity contribution in [2.24, 2.45) is 28.6 Å². The van der Waals surface area contributed by atoms with E-state index in [0.717, 1.165) is 17.6 Å². The number of benzene rings is 3. The molecule has 4 aliphatic rings. The molecule has 3 saturated carbocycles. The highest BCUT2D eigenvalue weighted by atomic mass is 19.1. The maximum atomic E-state index is 16.6. The Labute approximate surface area is 291 Å². The van der Waals surface area contributed by atoms with Crippen LogP contribution in [0.3, 0.4) is 0 Å². The Bertz CT molecular complexity index is 1880. The van der Waals surface area contributed by atoms with Crippen LogP contribution in [0.5, 0.6) is 5.75 Å². The van der Waals surface area contributed by atoms with Crippen LogP contribution in [0, 0.1) is 34.4 Å². The maximum Gasteiger partial charge on any atom is 0.190 e.